The molecule has 0 aromatic carbocycles. The zero-order valence-electron chi connectivity index (χ0n) is 12.4. The molecule has 1 aromatic heterocycles. The lowest BCUT2D eigenvalue weighted by molar-refractivity contribution is 0.0300. The van der Waals surface area contributed by atoms with E-state index in [2.05, 4.69) is 15.2 Å². The van der Waals surface area contributed by atoms with E-state index in [4.69, 9.17) is 9.47 Å². The van der Waals surface area contributed by atoms with Gasteiger partial charge in [-0.3, -0.25) is 9.89 Å². The summed E-state index contributed by atoms with van der Waals surface area (Å²) in [5, 5.41) is 6.70. The molecule has 0 saturated carbocycles. The van der Waals surface area contributed by atoms with Gasteiger partial charge in [-0.1, -0.05) is 0 Å². The van der Waals surface area contributed by atoms with E-state index in [0.717, 1.165) is 38.9 Å². The van der Waals surface area contributed by atoms with Crippen LogP contribution in [0.3, 0.4) is 0 Å². The van der Waals surface area contributed by atoms with Crippen LogP contribution in [0.5, 0.6) is 0 Å². The second-order valence-electron chi connectivity index (χ2n) is 5.72. The molecule has 1 N–H and O–H groups in total. The number of hydrogen-bond acceptors (Lipinski definition) is 5. The van der Waals surface area contributed by atoms with Crippen LogP contribution in [0.1, 0.15) is 42.1 Å². The molecule has 0 aliphatic carbocycles. The van der Waals surface area contributed by atoms with Crippen molar-refractivity contribution in [3.8, 4) is 0 Å². The van der Waals surface area contributed by atoms with Crippen molar-refractivity contribution in [3.63, 3.8) is 0 Å². The average Bonchev–Trinajstić information content (AvgIpc) is 3.19. The Morgan fingerprint density at radius 3 is 2.29 bits per heavy atom. The molecule has 3 heterocycles. The van der Waals surface area contributed by atoms with Crippen molar-refractivity contribution in [1.29, 1.82) is 0 Å². The highest BCUT2D eigenvalue weighted by atomic mass is 16.5. The lowest BCUT2D eigenvalue weighted by Crippen LogP contribution is -2.42. The molecule has 7 heteroatoms. The average molecular weight is 294 g/mol. The maximum absolute atomic E-state index is 12.6. The predicted octanol–water partition coefficient (Wildman–Crippen LogP) is 0.913. The van der Waals surface area contributed by atoms with E-state index in [0.29, 0.717) is 18.9 Å². The molecular weight excluding hydrogens is 272 g/mol. The van der Waals surface area contributed by atoms with Gasteiger partial charge in [-0.15, -0.1) is 5.10 Å². The first-order chi connectivity index (χ1) is 10.2. The van der Waals surface area contributed by atoms with Crippen LogP contribution in [0.15, 0.2) is 0 Å². The first-order valence-corrected chi connectivity index (χ1v) is 7.64. The van der Waals surface area contributed by atoms with Crippen LogP contribution in [0.25, 0.3) is 0 Å². The van der Waals surface area contributed by atoms with E-state index in [1.54, 1.807) is 11.8 Å². The monoisotopic (exact) mass is 294 g/mol. The van der Waals surface area contributed by atoms with E-state index < -0.39 is 0 Å². The van der Waals surface area contributed by atoms with Crippen molar-refractivity contribution in [2.24, 2.45) is 0 Å². The normalized spacial score (nSPS) is 25.4. The molecule has 2 unspecified atom stereocenters. The number of amides is 1. The number of aromatic amines is 1. The van der Waals surface area contributed by atoms with Crippen molar-refractivity contribution < 1.29 is 14.3 Å². The molecule has 2 aliphatic rings. The highest BCUT2D eigenvalue weighted by Gasteiger charge is 2.29. The number of hydrogen-bond donors (Lipinski definition) is 1. The van der Waals surface area contributed by atoms with E-state index in [9.17, 15) is 4.79 Å². The minimum absolute atomic E-state index is 0.121. The SMILES string of the molecule is Cc1nc(C(=O)N(CC2CCCO2)CC2CCCO2)n[nH]1. The minimum Gasteiger partial charge on any atom is -0.376 e. The summed E-state index contributed by atoms with van der Waals surface area (Å²) in [5.41, 5.74) is 0. The highest BCUT2D eigenvalue weighted by Crippen LogP contribution is 2.18. The second-order valence-corrected chi connectivity index (χ2v) is 5.72. The second kappa shape index (κ2) is 6.53. The fourth-order valence-corrected chi connectivity index (χ4v) is 2.89. The Balaban J connectivity index is 1.68. The molecule has 1 aromatic rings. The number of nitrogens with zero attached hydrogens (tertiary/aromatic N) is 3. The molecule has 116 valence electrons. The van der Waals surface area contributed by atoms with Crippen LogP contribution in [0, 0.1) is 6.92 Å². The summed E-state index contributed by atoms with van der Waals surface area (Å²) in [4.78, 5) is 18.5. The van der Waals surface area contributed by atoms with Gasteiger partial charge in [0.25, 0.3) is 5.91 Å². The molecule has 2 fully saturated rings. The van der Waals surface area contributed by atoms with Crippen molar-refractivity contribution in [3.05, 3.63) is 11.6 Å². The van der Waals surface area contributed by atoms with Crippen LogP contribution in [-0.2, 0) is 9.47 Å². The maximum atomic E-state index is 12.6. The number of carbonyl (C=O) groups is 1. The summed E-state index contributed by atoms with van der Waals surface area (Å²) in [6.07, 6.45) is 4.37. The topological polar surface area (TPSA) is 80.3 Å². The summed E-state index contributed by atoms with van der Waals surface area (Å²) >= 11 is 0. The number of nitrogens with one attached hydrogen (secondary N) is 1. The fraction of sp³-hybridized carbons (Fsp3) is 0.786. The van der Waals surface area contributed by atoms with Gasteiger partial charge in [0.05, 0.1) is 12.2 Å². The maximum Gasteiger partial charge on any atom is 0.293 e. The van der Waals surface area contributed by atoms with Crippen LogP contribution < -0.4 is 0 Å². The number of carbonyl (C=O) groups excluding carboxylic acids is 1. The Labute approximate surface area is 124 Å². The summed E-state index contributed by atoms with van der Waals surface area (Å²) < 4.78 is 11.3. The van der Waals surface area contributed by atoms with Gasteiger partial charge in [-0.25, -0.2) is 4.98 Å². The molecular formula is C14H22N4O3. The number of aromatic nitrogens is 3. The summed E-state index contributed by atoms with van der Waals surface area (Å²) in [6.45, 7) is 4.53. The summed E-state index contributed by atoms with van der Waals surface area (Å²) in [7, 11) is 0. The molecule has 7 nitrogen and oxygen atoms in total. The van der Waals surface area contributed by atoms with Gasteiger partial charge in [0, 0.05) is 26.3 Å². The first-order valence-electron chi connectivity index (χ1n) is 7.64. The molecule has 1 amide bonds. The Morgan fingerprint density at radius 2 is 1.86 bits per heavy atom. The Morgan fingerprint density at radius 1 is 1.24 bits per heavy atom. The zero-order chi connectivity index (χ0) is 14.7. The van der Waals surface area contributed by atoms with Gasteiger partial charge in [0.2, 0.25) is 5.82 Å². The zero-order valence-corrected chi connectivity index (χ0v) is 12.4. The molecule has 3 rings (SSSR count). The van der Waals surface area contributed by atoms with Gasteiger partial charge in [-0.2, -0.15) is 0 Å². The smallest absolute Gasteiger partial charge is 0.293 e. The standard InChI is InChI=1S/C14H22N4O3/c1-10-15-13(17-16-10)14(19)18(8-11-4-2-6-20-11)9-12-5-3-7-21-12/h11-12H,2-9H2,1H3,(H,15,16,17). The highest BCUT2D eigenvalue weighted by molar-refractivity contribution is 5.90. The number of aryl methyl sites for hydroxylation is 1. The third-order valence-corrected chi connectivity index (χ3v) is 3.97. The molecule has 0 spiro atoms. The number of rotatable bonds is 5. The lowest BCUT2D eigenvalue weighted by Gasteiger charge is -2.26. The molecule has 2 saturated heterocycles. The third-order valence-electron chi connectivity index (χ3n) is 3.97. The van der Waals surface area contributed by atoms with Crippen molar-refractivity contribution >= 4 is 5.91 Å². The largest absolute Gasteiger partial charge is 0.376 e. The van der Waals surface area contributed by atoms with Crippen LogP contribution in [0.4, 0.5) is 0 Å². The van der Waals surface area contributed by atoms with E-state index >= 15 is 0 Å². The fourth-order valence-electron chi connectivity index (χ4n) is 2.89. The summed E-state index contributed by atoms with van der Waals surface area (Å²) in [5.74, 6) is 0.723. The Hall–Kier alpha value is -1.47. The van der Waals surface area contributed by atoms with Gasteiger partial charge in [0.15, 0.2) is 0 Å². The van der Waals surface area contributed by atoms with E-state index in [1.165, 1.54) is 0 Å². The van der Waals surface area contributed by atoms with Gasteiger partial charge in [-0.05, 0) is 32.6 Å². The van der Waals surface area contributed by atoms with E-state index in [-0.39, 0.29) is 23.9 Å². The Bertz CT molecular complexity index is 460. The molecule has 2 aliphatic heterocycles. The Kier molecular flexibility index (Phi) is 4.50. The number of H-pyrrole nitrogens is 1. The van der Waals surface area contributed by atoms with Crippen molar-refractivity contribution in [2.75, 3.05) is 26.3 Å². The quantitative estimate of drug-likeness (QED) is 0.873. The summed E-state index contributed by atoms with van der Waals surface area (Å²) in [6, 6.07) is 0. The van der Waals surface area contributed by atoms with Crippen LogP contribution >= 0.6 is 0 Å². The molecule has 2 atom stereocenters. The molecule has 0 radical (unpaired) electrons. The predicted molar refractivity (Wildman–Crippen MR) is 75.0 cm³/mol. The van der Waals surface area contributed by atoms with Gasteiger partial charge < -0.3 is 14.4 Å². The first kappa shape index (κ1) is 14.5. The van der Waals surface area contributed by atoms with E-state index in [1.807, 2.05) is 0 Å². The van der Waals surface area contributed by atoms with Crippen LogP contribution in [0.2, 0.25) is 0 Å². The lowest BCUT2D eigenvalue weighted by atomic mass is 10.2. The third kappa shape index (κ3) is 3.59. The van der Waals surface area contributed by atoms with Crippen molar-refractivity contribution in [2.45, 2.75) is 44.8 Å². The van der Waals surface area contributed by atoms with Gasteiger partial charge >= 0.3 is 0 Å². The van der Waals surface area contributed by atoms with Crippen LogP contribution in [-0.4, -0.2) is 64.5 Å². The number of ether oxygens (including phenoxy) is 2. The molecule has 21 heavy (non-hydrogen) atoms. The van der Waals surface area contributed by atoms with Crippen molar-refractivity contribution in [1.82, 2.24) is 20.1 Å². The molecule has 0 bridgehead atoms. The van der Waals surface area contributed by atoms with Gasteiger partial charge in [0.1, 0.15) is 5.82 Å². The minimum atomic E-state index is -0.148.